The molecule has 1 aliphatic heterocycles. The molecular formula is C10H12N6O. The summed E-state index contributed by atoms with van der Waals surface area (Å²) < 4.78 is 1.40. The number of tetrazole rings is 1. The van der Waals surface area contributed by atoms with Crippen molar-refractivity contribution >= 4 is 17.8 Å². The smallest absolute Gasteiger partial charge is 0.200 e. The van der Waals surface area contributed by atoms with Crippen molar-refractivity contribution < 1.29 is 4.79 Å². The van der Waals surface area contributed by atoms with Crippen molar-refractivity contribution in [2.24, 2.45) is 5.92 Å². The minimum Gasteiger partial charge on any atom is -0.354 e. The Morgan fingerprint density at radius 3 is 3.24 bits per heavy atom. The molecule has 1 unspecified atom stereocenters. The van der Waals surface area contributed by atoms with Crippen molar-refractivity contribution in [2.45, 2.75) is 12.8 Å². The number of aromatic nitrogens is 5. The predicted octanol–water partition coefficient (Wildman–Crippen LogP) is -0.0654. The molecule has 88 valence electrons. The van der Waals surface area contributed by atoms with E-state index >= 15 is 0 Å². The maximum Gasteiger partial charge on any atom is 0.200 e. The fraction of sp³-hybridized carbons (Fsp3) is 0.500. The normalized spacial score (nSPS) is 20.7. The molecule has 1 saturated heterocycles. The second-order valence-corrected chi connectivity index (χ2v) is 4.20. The van der Waals surface area contributed by atoms with E-state index in [4.69, 9.17) is 0 Å². The number of hydrogen-bond acceptors (Lipinski definition) is 6. The zero-order valence-corrected chi connectivity index (χ0v) is 9.23. The lowest BCUT2D eigenvalue weighted by Crippen LogP contribution is -2.36. The number of carbonyl (C=O) groups is 1. The number of piperidine rings is 1. The first-order valence-electron chi connectivity index (χ1n) is 5.62. The first kappa shape index (κ1) is 10.1. The first-order chi connectivity index (χ1) is 8.36. The lowest BCUT2D eigenvalue weighted by atomic mass is 10.00. The molecule has 1 aliphatic rings. The van der Waals surface area contributed by atoms with Crippen LogP contribution in [-0.2, 0) is 4.79 Å². The Kier molecular flexibility index (Phi) is 2.43. The highest BCUT2D eigenvalue weighted by molar-refractivity contribution is 5.56. The van der Waals surface area contributed by atoms with Gasteiger partial charge < -0.3 is 9.69 Å². The van der Waals surface area contributed by atoms with Gasteiger partial charge in [0, 0.05) is 19.0 Å². The number of hydrogen-bond donors (Lipinski definition) is 0. The van der Waals surface area contributed by atoms with Gasteiger partial charge in [0.25, 0.3) is 0 Å². The molecular weight excluding hydrogens is 220 g/mol. The van der Waals surface area contributed by atoms with E-state index in [2.05, 4.69) is 25.5 Å². The summed E-state index contributed by atoms with van der Waals surface area (Å²) in [5.41, 5.74) is 0.623. The average molecular weight is 232 g/mol. The van der Waals surface area contributed by atoms with Crippen LogP contribution >= 0.6 is 0 Å². The lowest BCUT2D eigenvalue weighted by molar-refractivity contribution is -0.111. The van der Waals surface area contributed by atoms with Crippen LogP contribution in [0.1, 0.15) is 12.8 Å². The molecule has 2 aromatic heterocycles. The molecule has 0 spiro atoms. The second-order valence-electron chi connectivity index (χ2n) is 4.20. The molecule has 3 rings (SSSR count). The van der Waals surface area contributed by atoms with Gasteiger partial charge in [0.05, 0.1) is 0 Å². The van der Waals surface area contributed by atoms with Crippen LogP contribution in [0.4, 0.5) is 5.82 Å². The number of nitrogens with zero attached hydrogens (tertiary/aromatic N) is 6. The molecule has 0 amide bonds. The number of fused-ring (bicyclic) bond motifs is 1. The molecule has 2 aromatic rings. The molecule has 7 nitrogen and oxygen atoms in total. The average Bonchev–Trinajstić information content (AvgIpc) is 2.86. The summed E-state index contributed by atoms with van der Waals surface area (Å²) >= 11 is 0. The number of aldehydes is 1. The van der Waals surface area contributed by atoms with Crippen LogP contribution < -0.4 is 4.90 Å². The Morgan fingerprint density at radius 2 is 2.35 bits per heavy atom. The van der Waals surface area contributed by atoms with Crippen LogP contribution in [0.25, 0.3) is 5.65 Å². The number of rotatable bonds is 2. The minimum atomic E-state index is 0.107. The summed E-state index contributed by atoms with van der Waals surface area (Å²) in [7, 11) is 0. The fourth-order valence-corrected chi connectivity index (χ4v) is 2.14. The van der Waals surface area contributed by atoms with Gasteiger partial charge in [-0.1, -0.05) is 0 Å². The lowest BCUT2D eigenvalue weighted by Gasteiger charge is -2.30. The Hall–Kier alpha value is -2.05. The van der Waals surface area contributed by atoms with E-state index in [0.29, 0.717) is 5.65 Å². The second kappa shape index (κ2) is 4.08. The molecule has 1 fully saturated rings. The quantitative estimate of drug-likeness (QED) is 0.675. The van der Waals surface area contributed by atoms with Crippen LogP contribution in [0, 0.1) is 5.92 Å². The van der Waals surface area contributed by atoms with Gasteiger partial charge in [-0.3, -0.25) is 0 Å². The molecule has 1 atom stereocenters. The molecule has 0 bridgehead atoms. The Labute approximate surface area is 97.4 Å². The molecule has 0 radical (unpaired) electrons. The maximum absolute atomic E-state index is 10.8. The highest BCUT2D eigenvalue weighted by atomic mass is 16.1. The van der Waals surface area contributed by atoms with E-state index in [9.17, 15) is 4.79 Å². The highest BCUT2D eigenvalue weighted by Crippen LogP contribution is 2.20. The summed E-state index contributed by atoms with van der Waals surface area (Å²) in [5, 5.41) is 15.4. The van der Waals surface area contributed by atoms with Gasteiger partial charge in [-0.25, -0.2) is 0 Å². The number of anilines is 1. The van der Waals surface area contributed by atoms with Crippen molar-refractivity contribution in [1.82, 2.24) is 25.3 Å². The van der Waals surface area contributed by atoms with E-state index in [1.165, 1.54) is 4.63 Å². The van der Waals surface area contributed by atoms with Gasteiger partial charge in [-0.05, 0) is 35.4 Å². The molecule has 3 heterocycles. The summed E-state index contributed by atoms with van der Waals surface area (Å²) in [6, 6.07) is 3.71. The predicted molar refractivity (Wildman–Crippen MR) is 59.6 cm³/mol. The van der Waals surface area contributed by atoms with Gasteiger partial charge in [-0.2, -0.15) is 0 Å². The van der Waals surface area contributed by atoms with E-state index in [0.717, 1.165) is 38.0 Å². The van der Waals surface area contributed by atoms with Crippen molar-refractivity contribution in [3.8, 4) is 0 Å². The van der Waals surface area contributed by atoms with E-state index in [-0.39, 0.29) is 5.92 Å². The maximum atomic E-state index is 10.8. The topological polar surface area (TPSA) is 76.3 Å². The number of carbonyl (C=O) groups excluding carboxylic acids is 1. The van der Waals surface area contributed by atoms with Gasteiger partial charge in [0.2, 0.25) is 0 Å². The SMILES string of the molecule is O=CC1CCCN(c2ccc3nnnn3n2)C1. The fourth-order valence-electron chi connectivity index (χ4n) is 2.14. The molecule has 0 aromatic carbocycles. The third-order valence-corrected chi connectivity index (χ3v) is 3.03. The largest absolute Gasteiger partial charge is 0.354 e. The Bertz CT molecular complexity index is 538. The van der Waals surface area contributed by atoms with Crippen LogP contribution in [-0.4, -0.2) is 44.6 Å². The van der Waals surface area contributed by atoms with E-state index < -0.39 is 0 Å². The third-order valence-electron chi connectivity index (χ3n) is 3.03. The summed E-state index contributed by atoms with van der Waals surface area (Å²) in [6.07, 6.45) is 3.01. The molecule has 0 N–H and O–H groups in total. The van der Waals surface area contributed by atoms with Gasteiger partial charge in [0.1, 0.15) is 6.29 Å². The van der Waals surface area contributed by atoms with Crippen molar-refractivity contribution in [3.05, 3.63) is 12.1 Å². The van der Waals surface area contributed by atoms with Gasteiger partial charge in [0.15, 0.2) is 11.5 Å². The highest BCUT2D eigenvalue weighted by Gasteiger charge is 2.20. The standard InChI is InChI=1S/C10H12N6O/c17-7-8-2-1-5-15(6-8)10-4-3-9-11-13-14-16(9)12-10/h3-4,7-8H,1-2,5-6H2. The van der Waals surface area contributed by atoms with Gasteiger partial charge in [-0.15, -0.1) is 14.8 Å². The van der Waals surface area contributed by atoms with Gasteiger partial charge >= 0.3 is 0 Å². The summed E-state index contributed by atoms with van der Waals surface area (Å²) in [6.45, 7) is 1.65. The molecule has 0 saturated carbocycles. The third kappa shape index (κ3) is 1.83. The van der Waals surface area contributed by atoms with Crippen molar-refractivity contribution in [3.63, 3.8) is 0 Å². The van der Waals surface area contributed by atoms with Crippen LogP contribution in [0.3, 0.4) is 0 Å². The van der Waals surface area contributed by atoms with Crippen molar-refractivity contribution in [2.75, 3.05) is 18.0 Å². The monoisotopic (exact) mass is 232 g/mol. The molecule has 7 heteroatoms. The van der Waals surface area contributed by atoms with Crippen LogP contribution in [0.5, 0.6) is 0 Å². The van der Waals surface area contributed by atoms with Crippen molar-refractivity contribution in [1.29, 1.82) is 0 Å². The van der Waals surface area contributed by atoms with E-state index in [1.54, 1.807) is 0 Å². The zero-order valence-electron chi connectivity index (χ0n) is 9.23. The Balaban J connectivity index is 1.89. The van der Waals surface area contributed by atoms with Crippen LogP contribution in [0.2, 0.25) is 0 Å². The molecule has 17 heavy (non-hydrogen) atoms. The Morgan fingerprint density at radius 1 is 1.41 bits per heavy atom. The molecule has 0 aliphatic carbocycles. The minimum absolute atomic E-state index is 0.107. The van der Waals surface area contributed by atoms with Crippen LogP contribution in [0.15, 0.2) is 12.1 Å². The summed E-state index contributed by atoms with van der Waals surface area (Å²) in [5.74, 6) is 0.923. The van der Waals surface area contributed by atoms with E-state index in [1.807, 2.05) is 12.1 Å². The zero-order chi connectivity index (χ0) is 11.7. The first-order valence-corrected chi connectivity index (χ1v) is 5.62. The summed E-state index contributed by atoms with van der Waals surface area (Å²) in [4.78, 5) is 12.9.